The van der Waals surface area contributed by atoms with Crippen LogP contribution in [0.1, 0.15) is 5.56 Å². The third kappa shape index (κ3) is 3.80. The van der Waals surface area contributed by atoms with Gasteiger partial charge in [0, 0.05) is 29.4 Å². The molecule has 0 spiro atoms. The summed E-state index contributed by atoms with van der Waals surface area (Å²) in [4.78, 5) is 5.09. The van der Waals surface area contributed by atoms with Crippen molar-refractivity contribution in [3.63, 3.8) is 0 Å². The Morgan fingerprint density at radius 1 is 0.955 bits per heavy atom. The first kappa shape index (κ1) is 14.5. The maximum absolute atomic E-state index is 5.75. The Bertz CT molecular complexity index is 733. The van der Waals surface area contributed by atoms with Crippen molar-refractivity contribution in [3.05, 3.63) is 78.5 Å². The largest absolute Gasteiger partial charge is 0.439 e. The average molecular weight is 308 g/mol. The van der Waals surface area contributed by atoms with Gasteiger partial charge in [0.25, 0.3) is 0 Å². The number of nitrogens with zero attached hydrogens (tertiary/aromatic N) is 1. The summed E-state index contributed by atoms with van der Waals surface area (Å²) in [6.45, 7) is 0.683. The fraction of sp³-hybridized carbons (Fsp3) is 0.0556. The van der Waals surface area contributed by atoms with Crippen molar-refractivity contribution in [3.8, 4) is 11.6 Å². The smallest absolute Gasteiger partial charge is 0.219 e. The monoisotopic (exact) mass is 308 g/mol. The van der Waals surface area contributed by atoms with Crippen molar-refractivity contribution < 1.29 is 4.74 Å². The molecule has 0 aliphatic heterocycles. The first-order chi connectivity index (χ1) is 10.8. The lowest BCUT2D eigenvalue weighted by atomic mass is 10.2. The first-order valence-electron chi connectivity index (χ1n) is 7.01. The number of anilines is 1. The van der Waals surface area contributed by atoms with Crippen LogP contribution in [0.4, 0.5) is 5.69 Å². The zero-order valence-corrected chi connectivity index (χ0v) is 12.8. The number of nitrogens with one attached hydrogen (secondary N) is 1. The molecule has 4 heteroatoms. The number of pyridine rings is 1. The predicted molar refractivity (Wildman–Crippen MR) is 91.8 cm³/mol. The molecule has 0 bridgehead atoms. The van der Waals surface area contributed by atoms with Crippen molar-refractivity contribution in [2.24, 2.45) is 0 Å². The van der Waals surface area contributed by atoms with E-state index in [-0.39, 0.29) is 0 Å². The van der Waals surface area contributed by atoms with Crippen molar-refractivity contribution in [2.45, 2.75) is 11.4 Å². The number of benzene rings is 2. The molecule has 0 atom stereocenters. The van der Waals surface area contributed by atoms with Crippen molar-refractivity contribution in [2.75, 3.05) is 5.32 Å². The van der Waals surface area contributed by atoms with E-state index in [2.05, 4.69) is 22.9 Å². The Balaban J connectivity index is 1.72. The summed E-state index contributed by atoms with van der Waals surface area (Å²) in [7, 11) is 0. The van der Waals surface area contributed by atoms with Gasteiger partial charge in [0.05, 0.1) is 0 Å². The molecule has 1 aromatic heterocycles. The average Bonchev–Trinajstić information content (AvgIpc) is 2.57. The van der Waals surface area contributed by atoms with E-state index in [0.29, 0.717) is 12.4 Å². The van der Waals surface area contributed by atoms with Gasteiger partial charge in [-0.05, 0) is 42.0 Å². The fourth-order valence-electron chi connectivity index (χ4n) is 2.05. The summed E-state index contributed by atoms with van der Waals surface area (Å²) in [6, 6.07) is 21.5. The fourth-order valence-corrected chi connectivity index (χ4v) is 2.27. The molecule has 2 aromatic carbocycles. The number of hydrogen-bond donors (Lipinski definition) is 2. The lowest BCUT2D eigenvalue weighted by molar-refractivity contribution is 0.462. The number of thiol groups is 1. The van der Waals surface area contributed by atoms with Crippen LogP contribution >= 0.6 is 12.6 Å². The Hall–Kier alpha value is -2.46. The van der Waals surface area contributed by atoms with Crippen LogP contribution in [-0.2, 0) is 6.54 Å². The van der Waals surface area contributed by atoms with Gasteiger partial charge in [-0.3, -0.25) is 0 Å². The maximum atomic E-state index is 5.75. The van der Waals surface area contributed by atoms with Gasteiger partial charge in [-0.2, -0.15) is 0 Å². The maximum Gasteiger partial charge on any atom is 0.219 e. The van der Waals surface area contributed by atoms with Crippen LogP contribution in [0.5, 0.6) is 11.6 Å². The van der Waals surface area contributed by atoms with E-state index >= 15 is 0 Å². The molecule has 3 aromatic rings. The van der Waals surface area contributed by atoms with E-state index in [9.17, 15) is 0 Å². The quantitative estimate of drug-likeness (QED) is 0.666. The molecule has 1 heterocycles. The first-order valence-corrected chi connectivity index (χ1v) is 7.46. The molecule has 0 amide bonds. The summed E-state index contributed by atoms with van der Waals surface area (Å²) >= 11 is 4.51. The highest BCUT2D eigenvalue weighted by Gasteiger charge is 2.04. The summed E-state index contributed by atoms with van der Waals surface area (Å²) < 4.78 is 5.75. The normalized spacial score (nSPS) is 10.2. The van der Waals surface area contributed by atoms with Gasteiger partial charge in [0.2, 0.25) is 5.88 Å². The van der Waals surface area contributed by atoms with Gasteiger partial charge in [-0.15, -0.1) is 12.6 Å². The summed E-state index contributed by atoms with van der Waals surface area (Å²) in [5, 5.41) is 3.37. The van der Waals surface area contributed by atoms with Crippen LogP contribution in [0, 0.1) is 0 Å². The molecule has 3 nitrogen and oxygen atoms in total. The standard InChI is InChI=1S/C18H16N2OS/c22-17-10-9-16(21-18-8-4-5-11-19-18)12-14(17)13-20-15-6-2-1-3-7-15/h1-12,20,22H,13H2. The SMILES string of the molecule is Sc1ccc(Oc2ccccn2)cc1CNc1ccccc1. The molecule has 110 valence electrons. The van der Waals surface area contributed by atoms with E-state index in [1.807, 2.05) is 66.7 Å². The minimum absolute atomic E-state index is 0.580. The molecule has 0 saturated heterocycles. The zero-order valence-electron chi connectivity index (χ0n) is 11.9. The molecule has 0 fully saturated rings. The highest BCUT2D eigenvalue weighted by molar-refractivity contribution is 7.80. The molecule has 0 saturated carbocycles. The van der Waals surface area contributed by atoms with E-state index in [4.69, 9.17) is 4.74 Å². The molecule has 0 aliphatic carbocycles. The van der Waals surface area contributed by atoms with Gasteiger partial charge < -0.3 is 10.1 Å². The lowest BCUT2D eigenvalue weighted by Gasteiger charge is -2.11. The highest BCUT2D eigenvalue weighted by atomic mass is 32.1. The Kier molecular flexibility index (Phi) is 4.61. The van der Waals surface area contributed by atoms with Crippen molar-refractivity contribution in [1.29, 1.82) is 0 Å². The number of para-hydroxylation sites is 1. The molecule has 0 radical (unpaired) electrons. The second kappa shape index (κ2) is 7.00. The van der Waals surface area contributed by atoms with Crippen LogP contribution in [0.3, 0.4) is 0 Å². The lowest BCUT2D eigenvalue weighted by Crippen LogP contribution is -2.00. The second-order valence-electron chi connectivity index (χ2n) is 4.78. The van der Waals surface area contributed by atoms with Gasteiger partial charge >= 0.3 is 0 Å². The summed E-state index contributed by atoms with van der Waals surface area (Å²) in [5.74, 6) is 1.33. The van der Waals surface area contributed by atoms with E-state index in [1.54, 1.807) is 6.20 Å². The van der Waals surface area contributed by atoms with E-state index < -0.39 is 0 Å². The molecule has 0 unspecified atom stereocenters. The van der Waals surface area contributed by atoms with Crippen LogP contribution in [0.25, 0.3) is 0 Å². The number of hydrogen-bond acceptors (Lipinski definition) is 4. The van der Waals surface area contributed by atoms with Crippen LogP contribution in [-0.4, -0.2) is 4.98 Å². The highest BCUT2D eigenvalue weighted by Crippen LogP contribution is 2.25. The van der Waals surface area contributed by atoms with Gasteiger partial charge in [-0.1, -0.05) is 24.3 Å². The molecule has 3 rings (SSSR count). The van der Waals surface area contributed by atoms with Crippen molar-refractivity contribution >= 4 is 18.3 Å². The van der Waals surface area contributed by atoms with Crippen LogP contribution < -0.4 is 10.1 Å². The van der Waals surface area contributed by atoms with Gasteiger partial charge in [0.1, 0.15) is 5.75 Å². The molecular weight excluding hydrogens is 292 g/mol. The molecule has 0 aliphatic rings. The topological polar surface area (TPSA) is 34.1 Å². The third-order valence-corrected chi connectivity index (χ3v) is 3.60. The minimum Gasteiger partial charge on any atom is -0.439 e. The van der Waals surface area contributed by atoms with Gasteiger partial charge in [-0.25, -0.2) is 4.98 Å². The summed E-state index contributed by atoms with van der Waals surface area (Å²) in [6.07, 6.45) is 1.71. The number of aromatic nitrogens is 1. The summed E-state index contributed by atoms with van der Waals surface area (Å²) in [5.41, 5.74) is 2.15. The predicted octanol–water partition coefficient (Wildman–Crippen LogP) is 4.77. The van der Waals surface area contributed by atoms with E-state index in [0.717, 1.165) is 21.9 Å². The zero-order chi connectivity index (χ0) is 15.2. The molecular formula is C18H16N2OS. The Labute approximate surface area is 135 Å². The Morgan fingerprint density at radius 2 is 1.77 bits per heavy atom. The minimum atomic E-state index is 0.580. The third-order valence-electron chi connectivity index (χ3n) is 3.17. The van der Waals surface area contributed by atoms with Gasteiger partial charge in [0.15, 0.2) is 0 Å². The molecule has 22 heavy (non-hydrogen) atoms. The van der Waals surface area contributed by atoms with E-state index in [1.165, 1.54) is 0 Å². The number of ether oxygens (including phenoxy) is 1. The van der Waals surface area contributed by atoms with Crippen molar-refractivity contribution in [1.82, 2.24) is 4.98 Å². The van der Waals surface area contributed by atoms with Crippen LogP contribution in [0.15, 0.2) is 77.8 Å². The number of rotatable bonds is 5. The molecule has 1 N–H and O–H groups in total. The Morgan fingerprint density at radius 3 is 2.55 bits per heavy atom. The van der Waals surface area contributed by atoms with Crippen LogP contribution in [0.2, 0.25) is 0 Å². The second-order valence-corrected chi connectivity index (χ2v) is 5.26.